The number of nitriles is 1. The van der Waals surface area contributed by atoms with E-state index < -0.39 is 11.6 Å². The van der Waals surface area contributed by atoms with E-state index in [1.54, 1.807) is 19.9 Å². The molecule has 5 heteroatoms. The summed E-state index contributed by atoms with van der Waals surface area (Å²) in [6.45, 7) is 3.41. The summed E-state index contributed by atoms with van der Waals surface area (Å²) in [7, 11) is 0. The summed E-state index contributed by atoms with van der Waals surface area (Å²) < 4.78 is 31.5. The third-order valence-electron chi connectivity index (χ3n) is 2.47. The molecule has 2 aromatic rings. The van der Waals surface area contributed by atoms with Crippen LogP contribution in [0.1, 0.15) is 17.0 Å². The van der Waals surface area contributed by atoms with Crippen molar-refractivity contribution in [1.82, 2.24) is 4.98 Å². The van der Waals surface area contributed by atoms with E-state index in [-0.39, 0.29) is 17.1 Å². The number of halogens is 2. The Balaban J connectivity index is 2.46. The van der Waals surface area contributed by atoms with Gasteiger partial charge in [0.2, 0.25) is 0 Å². The van der Waals surface area contributed by atoms with E-state index in [4.69, 9.17) is 10.00 Å². The van der Waals surface area contributed by atoms with Gasteiger partial charge in [0, 0.05) is 30.0 Å². The van der Waals surface area contributed by atoms with Crippen LogP contribution in [-0.2, 0) is 0 Å². The zero-order valence-electron chi connectivity index (χ0n) is 10.4. The number of ether oxygens (including phenoxy) is 1. The molecule has 0 unspecified atom stereocenters. The lowest BCUT2D eigenvalue weighted by molar-refractivity contribution is 0.465. The molecule has 0 spiro atoms. The highest BCUT2D eigenvalue weighted by Crippen LogP contribution is 2.28. The normalized spacial score (nSPS) is 10.1. The van der Waals surface area contributed by atoms with Crippen molar-refractivity contribution < 1.29 is 13.5 Å². The highest BCUT2D eigenvalue weighted by Gasteiger charge is 2.11. The third kappa shape index (κ3) is 2.86. The Morgan fingerprint density at radius 2 is 1.74 bits per heavy atom. The van der Waals surface area contributed by atoms with E-state index in [0.29, 0.717) is 11.4 Å². The molecule has 96 valence electrons. The molecule has 1 heterocycles. The minimum absolute atomic E-state index is 0.000926. The lowest BCUT2D eigenvalue weighted by atomic mass is 10.2. The van der Waals surface area contributed by atoms with Gasteiger partial charge in [-0.3, -0.25) is 4.98 Å². The highest BCUT2D eigenvalue weighted by atomic mass is 19.1. The van der Waals surface area contributed by atoms with Crippen LogP contribution in [0.5, 0.6) is 11.5 Å². The highest BCUT2D eigenvalue weighted by molar-refractivity contribution is 5.48. The van der Waals surface area contributed by atoms with Crippen molar-refractivity contribution >= 4 is 0 Å². The number of rotatable bonds is 2. The molecule has 0 aliphatic heterocycles. The quantitative estimate of drug-likeness (QED) is 0.828. The smallest absolute Gasteiger partial charge is 0.148 e. The van der Waals surface area contributed by atoms with E-state index in [9.17, 15) is 8.78 Å². The van der Waals surface area contributed by atoms with Crippen LogP contribution in [0, 0.1) is 36.8 Å². The molecule has 0 aliphatic carbocycles. The van der Waals surface area contributed by atoms with E-state index in [0.717, 1.165) is 18.2 Å². The predicted molar refractivity (Wildman–Crippen MR) is 64.9 cm³/mol. The molecule has 0 fully saturated rings. The van der Waals surface area contributed by atoms with Crippen LogP contribution in [0.2, 0.25) is 0 Å². The monoisotopic (exact) mass is 260 g/mol. The van der Waals surface area contributed by atoms with E-state index >= 15 is 0 Å². The zero-order chi connectivity index (χ0) is 14.0. The first-order chi connectivity index (χ1) is 8.99. The van der Waals surface area contributed by atoms with Crippen molar-refractivity contribution in [2.24, 2.45) is 0 Å². The van der Waals surface area contributed by atoms with Crippen LogP contribution >= 0.6 is 0 Å². The van der Waals surface area contributed by atoms with Crippen molar-refractivity contribution in [1.29, 1.82) is 5.26 Å². The molecule has 0 radical (unpaired) electrons. The molecule has 0 N–H and O–H groups in total. The van der Waals surface area contributed by atoms with Gasteiger partial charge in [0.1, 0.15) is 34.8 Å². The number of hydrogen-bond acceptors (Lipinski definition) is 3. The van der Waals surface area contributed by atoms with Gasteiger partial charge < -0.3 is 4.74 Å². The summed E-state index contributed by atoms with van der Waals surface area (Å²) in [5.74, 6) is -1.25. The molecule has 0 atom stereocenters. The van der Waals surface area contributed by atoms with Gasteiger partial charge in [0.25, 0.3) is 0 Å². The zero-order valence-corrected chi connectivity index (χ0v) is 10.4. The minimum atomic E-state index is -0.740. The van der Waals surface area contributed by atoms with Crippen molar-refractivity contribution in [2.45, 2.75) is 13.8 Å². The maximum atomic E-state index is 13.1. The van der Waals surface area contributed by atoms with Gasteiger partial charge in [0.15, 0.2) is 0 Å². The Bertz CT molecular complexity index is 658. The Kier molecular flexibility index (Phi) is 3.43. The Morgan fingerprint density at radius 1 is 1.11 bits per heavy atom. The van der Waals surface area contributed by atoms with E-state index in [1.165, 1.54) is 0 Å². The molecule has 0 amide bonds. The van der Waals surface area contributed by atoms with Gasteiger partial charge >= 0.3 is 0 Å². The summed E-state index contributed by atoms with van der Waals surface area (Å²) in [5.41, 5.74) is 1.41. The molecule has 2 rings (SSSR count). The van der Waals surface area contributed by atoms with Gasteiger partial charge in [-0.25, -0.2) is 8.78 Å². The van der Waals surface area contributed by atoms with Crippen LogP contribution in [0.15, 0.2) is 24.3 Å². The topological polar surface area (TPSA) is 45.9 Å². The Hall–Kier alpha value is -2.48. The lowest BCUT2D eigenvalue weighted by Crippen LogP contribution is -1.97. The standard InChI is InChI=1S/C14H10F2N2O/c1-8-3-14(13(7-17)9(2)18-8)19-12-5-10(15)4-11(16)6-12/h3-6H,1-2H3. The third-order valence-corrected chi connectivity index (χ3v) is 2.47. The predicted octanol–water partition coefficient (Wildman–Crippen LogP) is 3.64. The Morgan fingerprint density at radius 3 is 2.32 bits per heavy atom. The molecule has 0 saturated carbocycles. The summed E-state index contributed by atoms with van der Waals surface area (Å²) in [6.07, 6.45) is 0. The molecular formula is C14H10F2N2O. The second-order valence-electron chi connectivity index (χ2n) is 4.04. The van der Waals surface area contributed by atoms with Crippen LogP contribution in [0.4, 0.5) is 8.78 Å². The molecule has 3 nitrogen and oxygen atoms in total. The summed E-state index contributed by atoms with van der Waals surface area (Å²) >= 11 is 0. The summed E-state index contributed by atoms with van der Waals surface area (Å²) in [4.78, 5) is 4.13. The number of benzene rings is 1. The van der Waals surface area contributed by atoms with E-state index in [1.807, 2.05) is 6.07 Å². The van der Waals surface area contributed by atoms with E-state index in [2.05, 4.69) is 4.98 Å². The van der Waals surface area contributed by atoms with Crippen LogP contribution in [0.3, 0.4) is 0 Å². The van der Waals surface area contributed by atoms with Gasteiger partial charge in [-0.1, -0.05) is 0 Å². The van der Waals surface area contributed by atoms with Crippen LogP contribution in [-0.4, -0.2) is 4.98 Å². The van der Waals surface area contributed by atoms with Crippen molar-refractivity contribution in [3.05, 3.63) is 52.9 Å². The molecule has 19 heavy (non-hydrogen) atoms. The van der Waals surface area contributed by atoms with Crippen LogP contribution in [0.25, 0.3) is 0 Å². The molecule has 0 bridgehead atoms. The second kappa shape index (κ2) is 5.02. The second-order valence-corrected chi connectivity index (χ2v) is 4.04. The molecule has 0 saturated heterocycles. The lowest BCUT2D eigenvalue weighted by Gasteiger charge is -2.10. The number of pyridine rings is 1. The number of aryl methyl sites for hydroxylation is 2. The van der Waals surface area contributed by atoms with Gasteiger partial charge in [-0.15, -0.1) is 0 Å². The summed E-state index contributed by atoms with van der Waals surface area (Å²) in [6, 6.07) is 6.37. The number of hydrogen-bond donors (Lipinski definition) is 0. The van der Waals surface area contributed by atoms with Gasteiger partial charge in [-0.2, -0.15) is 5.26 Å². The average molecular weight is 260 g/mol. The number of nitrogens with zero attached hydrogens (tertiary/aromatic N) is 2. The average Bonchev–Trinajstić information content (AvgIpc) is 2.26. The molecule has 1 aromatic carbocycles. The molecular weight excluding hydrogens is 250 g/mol. The van der Waals surface area contributed by atoms with Gasteiger partial charge in [0.05, 0.1) is 5.69 Å². The fourth-order valence-electron chi connectivity index (χ4n) is 1.72. The molecule has 1 aromatic heterocycles. The molecule has 0 aliphatic rings. The van der Waals surface area contributed by atoms with Gasteiger partial charge in [-0.05, 0) is 13.8 Å². The van der Waals surface area contributed by atoms with Crippen LogP contribution < -0.4 is 4.74 Å². The first-order valence-corrected chi connectivity index (χ1v) is 5.52. The fraction of sp³-hybridized carbons (Fsp3) is 0.143. The summed E-state index contributed by atoms with van der Waals surface area (Å²) in [5, 5.41) is 9.06. The maximum Gasteiger partial charge on any atom is 0.148 e. The van der Waals surface area contributed by atoms with Crippen molar-refractivity contribution in [3.8, 4) is 17.6 Å². The first kappa shape index (κ1) is 13.0. The fourth-order valence-corrected chi connectivity index (χ4v) is 1.72. The van der Waals surface area contributed by atoms with Crippen molar-refractivity contribution in [3.63, 3.8) is 0 Å². The minimum Gasteiger partial charge on any atom is -0.456 e. The SMILES string of the molecule is Cc1cc(Oc2cc(F)cc(F)c2)c(C#N)c(C)n1. The largest absolute Gasteiger partial charge is 0.456 e. The Labute approximate surface area is 109 Å². The van der Waals surface area contributed by atoms with Crippen molar-refractivity contribution in [2.75, 3.05) is 0 Å². The maximum absolute atomic E-state index is 13.1. The number of aromatic nitrogens is 1. The first-order valence-electron chi connectivity index (χ1n) is 5.52.